The molecule has 1 aliphatic rings. The molecular weight excluding hydrogens is 418 g/mol. The Balaban J connectivity index is 1.70. The molecule has 0 fully saturated rings. The Morgan fingerprint density at radius 3 is 2.52 bits per heavy atom. The molecule has 1 aromatic heterocycles. The summed E-state index contributed by atoms with van der Waals surface area (Å²) in [7, 11) is 0. The monoisotopic (exact) mass is 445 g/mol. The van der Waals surface area contributed by atoms with Crippen LogP contribution in [0.1, 0.15) is 36.6 Å². The van der Waals surface area contributed by atoms with Gasteiger partial charge in [0.15, 0.2) is 0 Å². The molecule has 0 spiro atoms. The van der Waals surface area contributed by atoms with Gasteiger partial charge in [0, 0.05) is 11.4 Å². The summed E-state index contributed by atoms with van der Waals surface area (Å²) in [5.74, 6) is -0.178. The van der Waals surface area contributed by atoms with Crippen LogP contribution in [0, 0.1) is 13.8 Å². The van der Waals surface area contributed by atoms with E-state index in [1.54, 1.807) is 16.5 Å². The zero-order chi connectivity index (χ0) is 23.5. The van der Waals surface area contributed by atoms with E-state index in [1.165, 1.54) is 6.33 Å². The normalized spacial score (nSPS) is 15.3. The molecule has 3 aromatic rings. The van der Waals surface area contributed by atoms with E-state index in [0.29, 0.717) is 17.2 Å². The number of nitrogens with one attached hydrogen (secondary N) is 1. The fourth-order valence-corrected chi connectivity index (χ4v) is 4.00. The van der Waals surface area contributed by atoms with Gasteiger partial charge in [-0.2, -0.15) is 10.1 Å². The summed E-state index contributed by atoms with van der Waals surface area (Å²) in [5, 5.41) is 7.33. The molecule has 1 N–H and O–H groups in total. The van der Waals surface area contributed by atoms with Gasteiger partial charge in [0.05, 0.1) is 12.2 Å². The lowest BCUT2D eigenvalue weighted by Gasteiger charge is -2.35. The van der Waals surface area contributed by atoms with Crippen LogP contribution < -0.4 is 10.2 Å². The maximum Gasteiger partial charge on any atom is 0.338 e. The molecule has 4 rings (SSSR count). The number of aromatic nitrogens is 3. The first-order valence-electron chi connectivity index (χ1n) is 10.9. The highest BCUT2D eigenvalue weighted by Crippen LogP contribution is 2.38. The van der Waals surface area contributed by atoms with Crippen LogP contribution in [0.2, 0.25) is 0 Å². The molecular formula is C25H27N5O3. The number of allylic oxidation sites excluding steroid dienone is 1. The number of aryl methyl sites for hydroxylation is 2. The Kier molecular flexibility index (Phi) is 6.26. The zero-order valence-corrected chi connectivity index (χ0v) is 19.2. The highest BCUT2D eigenvalue weighted by atomic mass is 16.5. The summed E-state index contributed by atoms with van der Waals surface area (Å²) in [6, 6.07) is 14.9. The quantitative estimate of drug-likeness (QED) is 0.581. The van der Waals surface area contributed by atoms with Crippen LogP contribution in [-0.4, -0.2) is 39.8 Å². The maximum absolute atomic E-state index is 13.0. The molecule has 1 aliphatic heterocycles. The van der Waals surface area contributed by atoms with E-state index in [0.717, 1.165) is 22.4 Å². The summed E-state index contributed by atoms with van der Waals surface area (Å²) >= 11 is 0. The van der Waals surface area contributed by atoms with Crippen molar-refractivity contribution < 1.29 is 14.3 Å². The van der Waals surface area contributed by atoms with Gasteiger partial charge < -0.3 is 15.0 Å². The number of amides is 1. The van der Waals surface area contributed by atoms with E-state index in [-0.39, 0.29) is 19.1 Å². The summed E-state index contributed by atoms with van der Waals surface area (Å²) in [6.07, 6.45) is 1.43. The average molecular weight is 446 g/mol. The number of benzene rings is 2. The van der Waals surface area contributed by atoms with Crippen LogP contribution in [0.5, 0.6) is 0 Å². The van der Waals surface area contributed by atoms with Gasteiger partial charge in [-0.1, -0.05) is 36.4 Å². The zero-order valence-electron chi connectivity index (χ0n) is 19.2. The first kappa shape index (κ1) is 22.3. The van der Waals surface area contributed by atoms with Crippen molar-refractivity contribution in [1.29, 1.82) is 0 Å². The largest absolute Gasteiger partial charge is 0.463 e. The van der Waals surface area contributed by atoms with Crippen LogP contribution in [-0.2, 0) is 14.3 Å². The number of carbonyl (C=O) groups is 2. The molecule has 0 aliphatic carbocycles. The molecule has 170 valence electrons. The second-order valence-corrected chi connectivity index (χ2v) is 7.97. The van der Waals surface area contributed by atoms with Crippen LogP contribution in [0.3, 0.4) is 0 Å². The number of carbonyl (C=O) groups excluding carboxylic acids is 2. The van der Waals surface area contributed by atoms with Gasteiger partial charge in [0.2, 0.25) is 11.9 Å². The van der Waals surface area contributed by atoms with Crippen molar-refractivity contribution in [2.75, 3.05) is 23.4 Å². The lowest BCUT2D eigenvalue weighted by molar-refractivity contribution is -0.139. The number of rotatable bonds is 6. The van der Waals surface area contributed by atoms with Crippen molar-refractivity contribution in [2.24, 2.45) is 0 Å². The van der Waals surface area contributed by atoms with E-state index in [2.05, 4.69) is 15.4 Å². The Labute approximate surface area is 192 Å². The molecule has 33 heavy (non-hydrogen) atoms. The predicted molar refractivity (Wildman–Crippen MR) is 126 cm³/mol. The van der Waals surface area contributed by atoms with Crippen LogP contribution >= 0.6 is 0 Å². The van der Waals surface area contributed by atoms with Crippen LogP contribution in [0.15, 0.2) is 66.1 Å². The third kappa shape index (κ3) is 4.37. The minimum absolute atomic E-state index is 0.0259. The number of hydrogen-bond acceptors (Lipinski definition) is 6. The smallest absolute Gasteiger partial charge is 0.338 e. The van der Waals surface area contributed by atoms with E-state index in [4.69, 9.17) is 4.74 Å². The molecule has 1 atom stereocenters. The molecule has 8 heteroatoms. The number of fused-ring (bicyclic) bond motifs is 1. The SMILES string of the molecule is CCOC(=O)C1=C(C)N(CC(=O)Nc2ccc(C)c(C)c2)c2ncnn2[C@@H]1c1ccccc1. The van der Waals surface area contributed by atoms with E-state index >= 15 is 0 Å². The lowest BCUT2D eigenvalue weighted by Crippen LogP contribution is -2.40. The van der Waals surface area contributed by atoms with Crippen molar-refractivity contribution in [2.45, 2.75) is 33.7 Å². The average Bonchev–Trinajstić information content (AvgIpc) is 3.28. The Morgan fingerprint density at radius 1 is 1.06 bits per heavy atom. The van der Waals surface area contributed by atoms with Gasteiger partial charge in [0.1, 0.15) is 18.9 Å². The molecule has 2 heterocycles. The third-order valence-electron chi connectivity index (χ3n) is 5.81. The number of anilines is 2. The second kappa shape index (κ2) is 9.28. The maximum atomic E-state index is 13.0. The molecule has 0 bridgehead atoms. The van der Waals surface area contributed by atoms with Gasteiger partial charge in [-0.3, -0.25) is 4.79 Å². The Hall–Kier alpha value is -3.94. The summed E-state index contributed by atoms with van der Waals surface area (Å²) < 4.78 is 7.05. The van der Waals surface area contributed by atoms with Gasteiger partial charge in [0.25, 0.3) is 0 Å². The van der Waals surface area contributed by atoms with Gasteiger partial charge in [-0.25, -0.2) is 9.48 Å². The van der Waals surface area contributed by atoms with Crippen molar-refractivity contribution >= 4 is 23.5 Å². The van der Waals surface area contributed by atoms with Crippen LogP contribution in [0.25, 0.3) is 0 Å². The second-order valence-electron chi connectivity index (χ2n) is 7.97. The van der Waals surface area contributed by atoms with Gasteiger partial charge in [-0.15, -0.1) is 0 Å². The fraction of sp³-hybridized carbons (Fsp3) is 0.280. The Morgan fingerprint density at radius 2 is 1.82 bits per heavy atom. The highest BCUT2D eigenvalue weighted by molar-refractivity contribution is 5.96. The number of hydrogen-bond donors (Lipinski definition) is 1. The molecule has 2 aromatic carbocycles. The highest BCUT2D eigenvalue weighted by Gasteiger charge is 2.38. The molecule has 0 radical (unpaired) electrons. The number of nitrogens with zero attached hydrogens (tertiary/aromatic N) is 4. The van der Waals surface area contributed by atoms with E-state index in [9.17, 15) is 9.59 Å². The van der Waals surface area contributed by atoms with E-state index < -0.39 is 12.0 Å². The van der Waals surface area contributed by atoms with Gasteiger partial charge in [-0.05, 0) is 56.5 Å². The van der Waals surface area contributed by atoms with Crippen molar-refractivity contribution in [3.63, 3.8) is 0 Å². The van der Waals surface area contributed by atoms with Crippen LogP contribution in [0.4, 0.5) is 11.6 Å². The molecule has 8 nitrogen and oxygen atoms in total. The molecule has 0 unspecified atom stereocenters. The minimum Gasteiger partial charge on any atom is -0.463 e. The van der Waals surface area contributed by atoms with Gasteiger partial charge >= 0.3 is 5.97 Å². The molecule has 0 saturated carbocycles. The number of ether oxygens (including phenoxy) is 1. The Bertz CT molecular complexity index is 1220. The predicted octanol–water partition coefficient (Wildman–Crippen LogP) is 3.78. The fourth-order valence-electron chi connectivity index (χ4n) is 4.00. The van der Waals surface area contributed by atoms with Crippen molar-refractivity contribution in [3.8, 4) is 0 Å². The summed E-state index contributed by atoms with van der Waals surface area (Å²) in [5.41, 5.74) is 4.89. The standard InChI is InChI=1S/C25H27N5O3/c1-5-33-24(32)22-18(4)29(14-21(31)28-20-12-11-16(2)17(3)13-20)25-26-15-27-30(25)23(22)19-9-7-6-8-10-19/h6-13,15,23H,5,14H2,1-4H3,(H,28,31)/t23-/m1/s1. The summed E-state index contributed by atoms with van der Waals surface area (Å²) in [6.45, 7) is 7.82. The topological polar surface area (TPSA) is 89.3 Å². The third-order valence-corrected chi connectivity index (χ3v) is 5.81. The number of esters is 1. The van der Waals surface area contributed by atoms with Crippen molar-refractivity contribution in [1.82, 2.24) is 14.8 Å². The van der Waals surface area contributed by atoms with E-state index in [1.807, 2.05) is 69.3 Å². The van der Waals surface area contributed by atoms with Crippen molar-refractivity contribution in [3.05, 3.63) is 82.8 Å². The lowest BCUT2D eigenvalue weighted by atomic mass is 9.95. The first-order valence-corrected chi connectivity index (χ1v) is 10.9. The summed E-state index contributed by atoms with van der Waals surface area (Å²) in [4.78, 5) is 32.1. The molecule has 1 amide bonds. The minimum atomic E-state index is -0.498. The molecule has 0 saturated heterocycles. The first-order chi connectivity index (χ1) is 15.9.